The van der Waals surface area contributed by atoms with Gasteiger partial charge in [0.25, 0.3) is 0 Å². The van der Waals surface area contributed by atoms with Crippen LogP contribution in [0.5, 0.6) is 5.75 Å². The minimum Gasteiger partial charge on any atom is -0.494 e. The Hall–Kier alpha value is -1.51. The van der Waals surface area contributed by atoms with Gasteiger partial charge in [-0.15, -0.1) is 0 Å². The number of benzene rings is 1. The lowest BCUT2D eigenvalue weighted by atomic mass is 10.1. The first kappa shape index (κ1) is 18.5. The predicted octanol–water partition coefficient (Wildman–Crippen LogP) is 5.15. The maximum Gasteiger partial charge on any atom is 0.119 e. The monoisotopic (exact) mass is 304 g/mol. The van der Waals surface area contributed by atoms with Crippen LogP contribution in [0.4, 0.5) is 0 Å². The number of hydrogen-bond acceptors (Lipinski definition) is 3. The van der Waals surface area contributed by atoms with Crippen LogP contribution >= 0.6 is 0 Å². The van der Waals surface area contributed by atoms with Gasteiger partial charge >= 0.3 is 0 Å². The van der Waals surface area contributed by atoms with Crippen molar-refractivity contribution < 1.29 is 4.74 Å². The van der Waals surface area contributed by atoms with Gasteiger partial charge in [0.15, 0.2) is 0 Å². The Bertz CT molecular complexity index is 418. The quantitative estimate of drug-likeness (QED) is 0.368. The zero-order valence-electron chi connectivity index (χ0n) is 14.7. The van der Waals surface area contributed by atoms with Gasteiger partial charge in [0.1, 0.15) is 5.75 Å². The van der Waals surface area contributed by atoms with E-state index in [1.54, 1.807) is 0 Å². The molecule has 0 bridgehead atoms. The Morgan fingerprint density at radius 1 is 1.00 bits per heavy atom. The van der Waals surface area contributed by atoms with Crippen molar-refractivity contribution in [3.8, 4) is 5.75 Å². The minimum absolute atomic E-state index is 0.00329. The molecule has 0 amide bonds. The normalized spacial score (nSPS) is 11.8. The highest BCUT2D eigenvalue weighted by molar-refractivity contribution is 5.79. The van der Waals surface area contributed by atoms with E-state index in [2.05, 4.69) is 38.2 Å². The summed E-state index contributed by atoms with van der Waals surface area (Å²) >= 11 is 0. The lowest BCUT2D eigenvalue weighted by Gasteiger charge is -2.16. The van der Waals surface area contributed by atoms with Crippen molar-refractivity contribution in [1.82, 2.24) is 5.43 Å². The molecule has 0 aliphatic heterocycles. The largest absolute Gasteiger partial charge is 0.494 e. The smallest absolute Gasteiger partial charge is 0.119 e. The van der Waals surface area contributed by atoms with E-state index in [1.807, 2.05) is 30.5 Å². The highest BCUT2D eigenvalue weighted by Gasteiger charge is 2.05. The molecule has 22 heavy (non-hydrogen) atoms. The molecule has 1 rings (SSSR count). The summed E-state index contributed by atoms with van der Waals surface area (Å²) < 4.78 is 5.77. The van der Waals surface area contributed by atoms with Crippen LogP contribution in [0.3, 0.4) is 0 Å². The van der Waals surface area contributed by atoms with E-state index in [-0.39, 0.29) is 5.54 Å². The average molecular weight is 304 g/mol. The Labute approximate surface area is 136 Å². The SMILES string of the molecule is CCCCCCCCOc1ccc(C=NNC(C)(C)C)cc1. The van der Waals surface area contributed by atoms with Gasteiger partial charge in [0.2, 0.25) is 0 Å². The zero-order chi connectivity index (χ0) is 16.3. The highest BCUT2D eigenvalue weighted by Crippen LogP contribution is 2.12. The van der Waals surface area contributed by atoms with E-state index < -0.39 is 0 Å². The van der Waals surface area contributed by atoms with E-state index in [0.717, 1.165) is 24.3 Å². The molecule has 0 spiro atoms. The lowest BCUT2D eigenvalue weighted by Crippen LogP contribution is -2.31. The number of nitrogens with zero attached hydrogens (tertiary/aromatic N) is 1. The van der Waals surface area contributed by atoms with Crippen molar-refractivity contribution in [2.45, 2.75) is 71.8 Å². The van der Waals surface area contributed by atoms with Crippen molar-refractivity contribution in [1.29, 1.82) is 0 Å². The van der Waals surface area contributed by atoms with E-state index in [9.17, 15) is 0 Å². The number of ether oxygens (including phenoxy) is 1. The van der Waals surface area contributed by atoms with Crippen LogP contribution in [0.1, 0.15) is 71.8 Å². The third-order valence-electron chi connectivity index (χ3n) is 3.26. The molecule has 0 aliphatic rings. The fraction of sp³-hybridized carbons (Fsp3) is 0.632. The molecule has 0 unspecified atom stereocenters. The van der Waals surface area contributed by atoms with Crippen LogP contribution < -0.4 is 10.2 Å². The standard InChI is InChI=1S/C19H32N2O/c1-5-6-7-8-9-10-15-22-18-13-11-17(12-14-18)16-20-21-19(2,3)4/h11-14,16,21H,5-10,15H2,1-4H3. The zero-order valence-corrected chi connectivity index (χ0v) is 14.7. The predicted molar refractivity (Wildman–Crippen MR) is 95.8 cm³/mol. The van der Waals surface area contributed by atoms with Crippen LogP contribution in [0, 0.1) is 0 Å². The van der Waals surface area contributed by atoms with E-state index in [0.29, 0.717) is 0 Å². The molecular weight excluding hydrogens is 272 g/mol. The minimum atomic E-state index is -0.00329. The first-order chi connectivity index (χ1) is 10.5. The van der Waals surface area contributed by atoms with Crippen molar-refractivity contribution >= 4 is 6.21 Å². The second kappa shape index (κ2) is 10.3. The molecule has 1 aromatic rings. The highest BCUT2D eigenvalue weighted by atomic mass is 16.5. The number of hydrazone groups is 1. The third kappa shape index (κ3) is 9.43. The summed E-state index contributed by atoms with van der Waals surface area (Å²) in [6.45, 7) is 9.32. The summed E-state index contributed by atoms with van der Waals surface area (Å²) in [6, 6.07) is 8.08. The molecule has 3 nitrogen and oxygen atoms in total. The molecule has 0 aromatic heterocycles. The number of rotatable bonds is 10. The van der Waals surface area contributed by atoms with Gasteiger partial charge in [0.05, 0.1) is 12.8 Å². The van der Waals surface area contributed by atoms with E-state index in [1.165, 1.54) is 32.1 Å². The lowest BCUT2D eigenvalue weighted by molar-refractivity contribution is 0.304. The van der Waals surface area contributed by atoms with Crippen molar-refractivity contribution in [2.75, 3.05) is 6.61 Å². The summed E-state index contributed by atoms with van der Waals surface area (Å²) in [5, 5.41) is 4.24. The van der Waals surface area contributed by atoms with Gasteiger partial charge in [0, 0.05) is 5.54 Å². The summed E-state index contributed by atoms with van der Waals surface area (Å²) in [5.41, 5.74) is 4.16. The number of hydrogen-bond donors (Lipinski definition) is 1. The van der Waals surface area contributed by atoms with Crippen LogP contribution in [-0.2, 0) is 0 Å². The Kier molecular flexibility index (Phi) is 8.64. The van der Waals surface area contributed by atoms with Crippen molar-refractivity contribution in [3.05, 3.63) is 29.8 Å². The molecule has 0 radical (unpaired) electrons. The fourth-order valence-corrected chi connectivity index (χ4v) is 2.02. The maximum atomic E-state index is 5.77. The topological polar surface area (TPSA) is 33.6 Å². The van der Waals surface area contributed by atoms with Crippen LogP contribution in [0.15, 0.2) is 29.4 Å². The second-order valence-corrected chi connectivity index (χ2v) is 6.81. The molecule has 0 saturated heterocycles. The summed E-state index contributed by atoms with van der Waals surface area (Å²) in [5.74, 6) is 0.939. The molecule has 3 heteroatoms. The van der Waals surface area contributed by atoms with E-state index >= 15 is 0 Å². The molecule has 0 fully saturated rings. The Morgan fingerprint density at radius 2 is 1.64 bits per heavy atom. The van der Waals surface area contributed by atoms with Crippen LogP contribution in [0.25, 0.3) is 0 Å². The molecule has 124 valence electrons. The van der Waals surface area contributed by atoms with Gasteiger partial charge in [-0.25, -0.2) is 0 Å². The van der Waals surface area contributed by atoms with Crippen LogP contribution in [-0.4, -0.2) is 18.4 Å². The molecule has 0 heterocycles. The van der Waals surface area contributed by atoms with Crippen molar-refractivity contribution in [2.24, 2.45) is 5.10 Å². The van der Waals surface area contributed by atoms with Gasteiger partial charge in [-0.3, -0.25) is 0 Å². The Balaban J connectivity index is 2.21. The Morgan fingerprint density at radius 3 is 2.27 bits per heavy atom. The molecular formula is C19H32N2O. The first-order valence-corrected chi connectivity index (χ1v) is 8.54. The molecule has 0 atom stereocenters. The second-order valence-electron chi connectivity index (χ2n) is 6.81. The van der Waals surface area contributed by atoms with Gasteiger partial charge < -0.3 is 10.2 Å². The average Bonchev–Trinajstić information content (AvgIpc) is 2.46. The van der Waals surface area contributed by atoms with Gasteiger partial charge in [-0.05, 0) is 57.0 Å². The molecule has 0 saturated carbocycles. The number of unbranched alkanes of at least 4 members (excludes halogenated alkanes) is 5. The van der Waals surface area contributed by atoms with Crippen LogP contribution in [0.2, 0.25) is 0 Å². The molecule has 1 aromatic carbocycles. The third-order valence-corrected chi connectivity index (χ3v) is 3.26. The molecule has 1 N–H and O–H groups in total. The fourth-order valence-electron chi connectivity index (χ4n) is 2.02. The number of nitrogens with one attached hydrogen (secondary N) is 1. The van der Waals surface area contributed by atoms with E-state index in [4.69, 9.17) is 4.74 Å². The molecule has 0 aliphatic carbocycles. The first-order valence-electron chi connectivity index (χ1n) is 8.54. The van der Waals surface area contributed by atoms with Crippen molar-refractivity contribution in [3.63, 3.8) is 0 Å². The summed E-state index contributed by atoms with van der Waals surface area (Å²) in [7, 11) is 0. The maximum absolute atomic E-state index is 5.77. The van der Waals surface area contributed by atoms with Gasteiger partial charge in [-0.1, -0.05) is 39.0 Å². The summed E-state index contributed by atoms with van der Waals surface area (Å²) in [4.78, 5) is 0. The summed E-state index contributed by atoms with van der Waals surface area (Å²) in [6.07, 6.45) is 9.58. The van der Waals surface area contributed by atoms with Gasteiger partial charge in [-0.2, -0.15) is 5.10 Å².